The molecule has 0 spiro atoms. The van der Waals surface area contributed by atoms with Gasteiger partial charge in [-0.1, -0.05) is 19.7 Å². The van der Waals surface area contributed by atoms with Crippen LogP contribution < -0.4 is 0 Å². The van der Waals surface area contributed by atoms with Gasteiger partial charge in [0.1, 0.15) is 5.73 Å². The predicted octanol–water partition coefficient (Wildman–Crippen LogP) is 1.94. The molecule has 0 saturated heterocycles. The van der Waals surface area contributed by atoms with Crippen molar-refractivity contribution in [1.82, 2.24) is 0 Å². The minimum atomic E-state index is -3.11. The van der Waals surface area contributed by atoms with Crippen molar-refractivity contribution in [2.75, 3.05) is 28.4 Å². The van der Waals surface area contributed by atoms with Crippen molar-refractivity contribution in [3.8, 4) is 0 Å². The van der Waals surface area contributed by atoms with Crippen molar-refractivity contribution in [3.63, 3.8) is 0 Å². The normalized spacial score (nSPS) is 13.1. The summed E-state index contributed by atoms with van der Waals surface area (Å²) in [4.78, 5) is 0. The van der Waals surface area contributed by atoms with Gasteiger partial charge in [0.2, 0.25) is 0 Å². The minimum Gasteiger partial charge on any atom is -0.429 e. The molecule has 0 fully saturated rings. The van der Waals surface area contributed by atoms with Crippen molar-refractivity contribution in [3.05, 3.63) is 38.5 Å². The molecule has 8 heteroatoms. The first-order valence-corrected chi connectivity index (χ1v) is 7.88. The molecular formula is C13H24O7Si. The van der Waals surface area contributed by atoms with Gasteiger partial charge in [0.25, 0.3) is 0 Å². The Labute approximate surface area is 127 Å². The molecule has 0 bridgehead atoms. The van der Waals surface area contributed by atoms with Gasteiger partial charge >= 0.3 is 14.8 Å². The summed E-state index contributed by atoms with van der Waals surface area (Å²) in [5, 5.41) is 0. The lowest BCUT2D eigenvalue weighted by Crippen LogP contribution is -2.58. The zero-order chi connectivity index (χ0) is 16.4. The van der Waals surface area contributed by atoms with E-state index in [0.29, 0.717) is 0 Å². The lowest BCUT2D eigenvalue weighted by molar-refractivity contribution is -0.327. The van der Waals surface area contributed by atoms with E-state index in [1.807, 2.05) is 0 Å². The second-order valence-corrected chi connectivity index (χ2v) is 6.76. The molecule has 0 rings (SSSR count). The highest BCUT2D eigenvalue weighted by Gasteiger charge is 2.54. The van der Waals surface area contributed by atoms with Crippen LogP contribution in [0, 0.1) is 0 Å². The Hall–Kier alpha value is -1.32. The first kappa shape index (κ1) is 19.7. The Bertz CT molecular complexity index is 296. The molecule has 0 amide bonds. The maximum Gasteiger partial charge on any atom is 0.531 e. The summed E-state index contributed by atoms with van der Waals surface area (Å²) in [5.41, 5.74) is -0.627. The van der Waals surface area contributed by atoms with Crippen LogP contribution in [0.3, 0.4) is 0 Å². The van der Waals surface area contributed by atoms with E-state index in [2.05, 4.69) is 19.7 Å². The topological polar surface area (TPSA) is 64.6 Å². The Balaban J connectivity index is 5.45. The summed E-state index contributed by atoms with van der Waals surface area (Å²) in [5.74, 6) is -1.56. The van der Waals surface area contributed by atoms with Gasteiger partial charge in [0, 0.05) is 28.4 Å². The average molecular weight is 320 g/mol. The van der Waals surface area contributed by atoms with Gasteiger partial charge < -0.3 is 32.2 Å². The molecular weight excluding hydrogens is 296 g/mol. The highest BCUT2D eigenvalue weighted by atomic mass is 28.4. The van der Waals surface area contributed by atoms with E-state index in [4.69, 9.17) is 32.2 Å². The summed E-state index contributed by atoms with van der Waals surface area (Å²) in [7, 11) is 2.81. The fourth-order valence-corrected chi connectivity index (χ4v) is 3.91. The van der Waals surface area contributed by atoms with E-state index in [-0.39, 0.29) is 6.42 Å². The highest BCUT2D eigenvalue weighted by Crippen LogP contribution is 2.29. The zero-order valence-electron chi connectivity index (χ0n) is 13.0. The fraction of sp³-hybridized carbons (Fsp3) is 0.538. The monoisotopic (exact) mass is 320 g/mol. The number of hydrogen-bond acceptors (Lipinski definition) is 7. The Morgan fingerprint density at radius 3 is 1.48 bits per heavy atom. The molecule has 0 aliphatic rings. The van der Waals surface area contributed by atoms with Crippen molar-refractivity contribution in [2.45, 2.75) is 18.1 Å². The third-order valence-corrected chi connectivity index (χ3v) is 5.69. The van der Waals surface area contributed by atoms with Crippen LogP contribution in [0.4, 0.5) is 0 Å². The van der Waals surface area contributed by atoms with Gasteiger partial charge in [0.15, 0.2) is 0 Å². The van der Waals surface area contributed by atoms with Crippen LogP contribution in [0.5, 0.6) is 0 Å². The van der Waals surface area contributed by atoms with Crippen LogP contribution in [-0.4, -0.2) is 48.9 Å². The van der Waals surface area contributed by atoms with Crippen molar-refractivity contribution >= 4 is 8.80 Å². The van der Waals surface area contributed by atoms with E-state index in [1.54, 1.807) is 0 Å². The molecule has 0 heterocycles. The highest BCUT2D eigenvalue weighted by molar-refractivity contribution is 6.62. The average Bonchev–Trinajstić information content (AvgIpc) is 2.49. The largest absolute Gasteiger partial charge is 0.531 e. The zero-order valence-corrected chi connectivity index (χ0v) is 14.0. The molecule has 0 saturated carbocycles. The molecule has 1 unspecified atom stereocenters. The van der Waals surface area contributed by atoms with E-state index in [0.717, 1.165) is 0 Å². The van der Waals surface area contributed by atoms with Crippen LogP contribution in [0.25, 0.3) is 0 Å². The molecule has 7 nitrogen and oxygen atoms in total. The maximum atomic E-state index is 5.43. The summed E-state index contributed by atoms with van der Waals surface area (Å²) in [6, 6.07) is 0. The molecule has 0 aromatic rings. The van der Waals surface area contributed by atoms with Crippen LogP contribution >= 0.6 is 0 Å². The smallest absolute Gasteiger partial charge is 0.429 e. The summed E-state index contributed by atoms with van der Waals surface area (Å²) < 4.78 is 37.6. The van der Waals surface area contributed by atoms with E-state index in [1.165, 1.54) is 47.2 Å². The van der Waals surface area contributed by atoms with E-state index < -0.39 is 20.5 Å². The molecule has 21 heavy (non-hydrogen) atoms. The van der Waals surface area contributed by atoms with Gasteiger partial charge in [-0.25, -0.2) is 0 Å². The molecule has 0 aromatic carbocycles. The molecule has 0 radical (unpaired) electrons. The molecule has 1 atom stereocenters. The molecule has 0 aliphatic carbocycles. The molecule has 0 aromatic heterocycles. The third kappa shape index (κ3) is 4.86. The van der Waals surface area contributed by atoms with Crippen LogP contribution in [0.2, 0.25) is 0 Å². The van der Waals surface area contributed by atoms with Crippen molar-refractivity contribution in [1.29, 1.82) is 0 Å². The molecule has 122 valence electrons. The van der Waals surface area contributed by atoms with Crippen molar-refractivity contribution < 1.29 is 32.2 Å². The first-order valence-electron chi connectivity index (χ1n) is 6.08. The Morgan fingerprint density at radius 2 is 1.24 bits per heavy atom. The number of methoxy groups -OCH3 is 1. The van der Waals surface area contributed by atoms with Gasteiger partial charge in [-0.05, 0) is 0 Å². The first-order chi connectivity index (χ1) is 10.0. The summed E-state index contributed by atoms with van der Waals surface area (Å²) >= 11 is 0. The predicted molar refractivity (Wildman–Crippen MR) is 78.8 cm³/mol. The van der Waals surface area contributed by atoms with Gasteiger partial charge in [0.05, 0.1) is 25.2 Å². The summed E-state index contributed by atoms with van der Waals surface area (Å²) in [6.45, 7) is 10.5. The minimum absolute atomic E-state index is 0.0648. The second kappa shape index (κ2) is 9.58. The van der Waals surface area contributed by atoms with Crippen LogP contribution in [-0.2, 0) is 32.2 Å². The SMILES string of the molecule is C=COC(CC(OC)[Si](OC)(OC)OC)(OC=C)OC=C. The van der Waals surface area contributed by atoms with Gasteiger partial charge in [-0.2, -0.15) is 0 Å². The quantitative estimate of drug-likeness (QED) is 0.292. The van der Waals surface area contributed by atoms with Crippen LogP contribution in [0.15, 0.2) is 38.5 Å². The van der Waals surface area contributed by atoms with Crippen LogP contribution in [0.1, 0.15) is 6.42 Å². The Morgan fingerprint density at radius 1 is 0.857 bits per heavy atom. The standard InChI is InChI=1S/C13H24O7Si/c1-8-18-13(19-9-2,20-10-3)11-12(14-4)21(15-5,16-6)17-7/h8-10,12H,1-3,11H2,4-7H3. The van der Waals surface area contributed by atoms with Crippen molar-refractivity contribution in [2.24, 2.45) is 0 Å². The second-order valence-electron chi connectivity index (χ2n) is 3.68. The Kier molecular flexibility index (Phi) is 8.98. The lowest BCUT2D eigenvalue weighted by atomic mass is 10.3. The lowest BCUT2D eigenvalue weighted by Gasteiger charge is -2.36. The number of hydrogen-bond donors (Lipinski definition) is 0. The third-order valence-electron chi connectivity index (χ3n) is 2.76. The summed E-state index contributed by atoms with van der Waals surface area (Å²) in [6.07, 6.45) is 3.59. The molecule has 0 N–H and O–H groups in total. The number of rotatable bonds is 13. The fourth-order valence-electron chi connectivity index (χ4n) is 1.83. The molecule has 0 aliphatic heterocycles. The van der Waals surface area contributed by atoms with Gasteiger partial charge in [-0.15, -0.1) is 0 Å². The van der Waals surface area contributed by atoms with E-state index in [9.17, 15) is 0 Å². The maximum absolute atomic E-state index is 5.43. The van der Waals surface area contributed by atoms with E-state index >= 15 is 0 Å². The van der Waals surface area contributed by atoms with Gasteiger partial charge in [-0.3, -0.25) is 0 Å². The number of ether oxygens (including phenoxy) is 4.